The lowest BCUT2D eigenvalue weighted by Gasteiger charge is -2.25. The van der Waals surface area contributed by atoms with Gasteiger partial charge in [-0.3, -0.25) is 9.59 Å². The Kier molecular flexibility index (Phi) is 8.34. The second-order valence-electron chi connectivity index (χ2n) is 8.14. The van der Waals surface area contributed by atoms with Crippen LogP contribution >= 0.6 is 11.3 Å². The zero-order valence-electron chi connectivity index (χ0n) is 19.0. The normalized spacial score (nSPS) is 11.6. The Bertz CT molecular complexity index is 1130. The molecule has 186 valence electrons. The van der Waals surface area contributed by atoms with E-state index in [1.165, 1.54) is 23.5 Å². The van der Waals surface area contributed by atoms with Gasteiger partial charge in [0.25, 0.3) is 11.8 Å². The van der Waals surface area contributed by atoms with Crippen molar-refractivity contribution >= 4 is 23.2 Å². The number of carbonyl (C=O) groups excluding carboxylic acids is 2. The monoisotopic (exact) mass is 507 g/mol. The van der Waals surface area contributed by atoms with Crippen molar-refractivity contribution in [2.24, 2.45) is 0 Å². The fourth-order valence-electron chi connectivity index (χ4n) is 2.99. The van der Waals surface area contributed by atoms with Gasteiger partial charge in [0.1, 0.15) is 22.2 Å². The molecule has 0 aliphatic heterocycles. The smallest absolute Gasteiger partial charge is 0.484 e. The standard InChI is InChI=1S/C24H24F3N3O4S/c1-23(2,16-6-4-3-5-7-16)15-29-22(32)19-14-35-21(30-19)12-28-20(31)13-33-17-8-10-18(11-9-17)34-24(25,26)27/h3-11,14H,12-13,15H2,1-2H3,(H,28,31)(H,29,32). The quantitative estimate of drug-likeness (QED) is 0.424. The van der Waals surface area contributed by atoms with Crippen LogP contribution in [-0.2, 0) is 16.8 Å². The number of nitrogens with one attached hydrogen (secondary N) is 2. The van der Waals surface area contributed by atoms with Gasteiger partial charge in [0.2, 0.25) is 0 Å². The van der Waals surface area contributed by atoms with E-state index >= 15 is 0 Å². The van der Waals surface area contributed by atoms with Gasteiger partial charge in [0.15, 0.2) is 6.61 Å². The first-order valence-electron chi connectivity index (χ1n) is 10.6. The summed E-state index contributed by atoms with van der Waals surface area (Å²) >= 11 is 1.24. The van der Waals surface area contributed by atoms with E-state index in [4.69, 9.17) is 4.74 Å². The Morgan fingerprint density at radius 2 is 1.63 bits per heavy atom. The highest BCUT2D eigenvalue weighted by Crippen LogP contribution is 2.25. The van der Waals surface area contributed by atoms with Gasteiger partial charge in [-0.25, -0.2) is 4.98 Å². The maximum atomic E-state index is 12.5. The van der Waals surface area contributed by atoms with Crippen molar-refractivity contribution in [1.29, 1.82) is 0 Å². The lowest BCUT2D eigenvalue weighted by Crippen LogP contribution is -2.36. The highest BCUT2D eigenvalue weighted by Gasteiger charge is 2.31. The molecule has 1 aromatic heterocycles. The molecule has 11 heteroatoms. The van der Waals surface area contributed by atoms with Crippen LogP contribution in [0.2, 0.25) is 0 Å². The number of hydrogen-bond donors (Lipinski definition) is 2. The lowest BCUT2D eigenvalue weighted by molar-refractivity contribution is -0.274. The topological polar surface area (TPSA) is 89.6 Å². The Hall–Kier alpha value is -3.60. The maximum Gasteiger partial charge on any atom is 0.573 e. The van der Waals surface area contributed by atoms with Crippen LogP contribution in [0, 0.1) is 0 Å². The van der Waals surface area contributed by atoms with E-state index in [1.807, 2.05) is 44.2 Å². The molecule has 0 unspecified atom stereocenters. The summed E-state index contributed by atoms with van der Waals surface area (Å²) in [6.45, 7) is 4.27. The summed E-state index contributed by atoms with van der Waals surface area (Å²) in [5.41, 5.74) is 1.12. The number of amides is 2. The molecule has 35 heavy (non-hydrogen) atoms. The zero-order valence-corrected chi connectivity index (χ0v) is 19.8. The summed E-state index contributed by atoms with van der Waals surface area (Å²) < 4.78 is 45.6. The van der Waals surface area contributed by atoms with Gasteiger partial charge in [0.05, 0.1) is 6.54 Å². The van der Waals surface area contributed by atoms with Gasteiger partial charge in [-0.2, -0.15) is 0 Å². The molecule has 2 aromatic carbocycles. The highest BCUT2D eigenvalue weighted by molar-refractivity contribution is 7.09. The number of benzene rings is 2. The Morgan fingerprint density at radius 1 is 0.971 bits per heavy atom. The van der Waals surface area contributed by atoms with Crippen LogP contribution in [0.1, 0.15) is 34.9 Å². The van der Waals surface area contributed by atoms with Gasteiger partial charge in [-0.15, -0.1) is 24.5 Å². The van der Waals surface area contributed by atoms with E-state index in [9.17, 15) is 22.8 Å². The predicted molar refractivity (Wildman–Crippen MR) is 124 cm³/mol. The first-order chi connectivity index (χ1) is 16.5. The molecular formula is C24H24F3N3O4S. The van der Waals surface area contributed by atoms with Crippen LogP contribution in [0.15, 0.2) is 60.0 Å². The molecule has 2 N–H and O–H groups in total. The third kappa shape index (κ3) is 8.29. The van der Waals surface area contributed by atoms with Crippen molar-refractivity contribution in [1.82, 2.24) is 15.6 Å². The minimum Gasteiger partial charge on any atom is -0.484 e. The fourth-order valence-corrected chi connectivity index (χ4v) is 3.71. The Morgan fingerprint density at radius 3 is 2.29 bits per heavy atom. The largest absolute Gasteiger partial charge is 0.573 e. The molecular weight excluding hydrogens is 483 g/mol. The van der Waals surface area contributed by atoms with E-state index in [0.29, 0.717) is 11.6 Å². The minimum atomic E-state index is -4.78. The number of ether oxygens (including phenoxy) is 2. The summed E-state index contributed by atoms with van der Waals surface area (Å²) in [5, 5.41) is 7.68. The Balaban J connectivity index is 1.42. The molecule has 0 bridgehead atoms. The Labute approximate surface area is 204 Å². The average molecular weight is 508 g/mol. The van der Waals surface area contributed by atoms with Crippen molar-refractivity contribution in [2.45, 2.75) is 32.2 Å². The third-order valence-electron chi connectivity index (χ3n) is 4.89. The fraction of sp³-hybridized carbons (Fsp3) is 0.292. The minimum absolute atomic E-state index is 0.105. The average Bonchev–Trinajstić information content (AvgIpc) is 3.30. The molecule has 0 saturated heterocycles. The third-order valence-corrected chi connectivity index (χ3v) is 5.74. The molecule has 0 atom stereocenters. The number of hydrogen-bond acceptors (Lipinski definition) is 6. The zero-order chi connectivity index (χ0) is 25.5. The molecule has 0 saturated carbocycles. The number of carbonyl (C=O) groups is 2. The molecule has 0 aliphatic rings. The lowest BCUT2D eigenvalue weighted by atomic mass is 9.84. The predicted octanol–water partition coefficient (Wildman–Crippen LogP) is 4.44. The summed E-state index contributed by atoms with van der Waals surface area (Å²) in [6, 6.07) is 14.6. The molecule has 0 spiro atoms. The van der Waals surface area contributed by atoms with Crippen LogP contribution in [-0.4, -0.2) is 36.3 Å². The maximum absolute atomic E-state index is 12.5. The summed E-state index contributed by atoms with van der Waals surface area (Å²) in [5.74, 6) is -0.932. The van der Waals surface area contributed by atoms with Crippen LogP contribution in [0.4, 0.5) is 13.2 Å². The second kappa shape index (κ2) is 11.2. The first-order valence-corrected chi connectivity index (χ1v) is 11.4. The number of halogens is 3. The van der Waals surface area contributed by atoms with E-state index in [2.05, 4.69) is 20.4 Å². The van der Waals surface area contributed by atoms with Crippen molar-refractivity contribution in [3.05, 3.63) is 76.2 Å². The summed E-state index contributed by atoms with van der Waals surface area (Å²) in [4.78, 5) is 28.8. The summed E-state index contributed by atoms with van der Waals surface area (Å²) in [7, 11) is 0. The van der Waals surface area contributed by atoms with Crippen molar-refractivity contribution in [3.63, 3.8) is 0 Å². The van der Waals surface area contributed by atoms with Crippen LogP contribution in [0.5, 0.6) is 11.5 Å². The molecule has 2 amide bonds. The molecule has 0 fully saturated rings. The molecule has 1 heterocycles. The molecule has 0 radical (unpaired) electrons. The van der Waals surface area contributed by atoms with Crippen LogP contribution in [0.25, 0.3) is 0 Å². The second-order valence-corrected chi connectivity index (χ2v) is 9.09. The first kappa shape index (κ1) is 26.0. The molecule has 3 aromatic rings. The van der Waals surface area contributed by atoms with Gasteiger partial charge in [-0.1, -0.05) is 44.2 Å². The van der Waals surface area contributed by atoms with Crippen molar-refractivity contribution in [3.8, 4) is 11.5 Å². The number of thiazole rings is 1. The molecule has 0 aliphatic carbocycles. The van der Waals surface area contributed by atoms with Crippen LogP contribution in [0.3, 0.4) is 0 Å². The van der Waals surface area contributed by atoms with E-state index in [-0.39, 0.29) is 41.7 Å². The number of rotatable bonds is 10. The van der Waals surface area contributed by atoms with Gasteiger partial charge in [0, 0.05) is 17.3 Å². The van der Waals surface area contributed by atoms with Crippen molar-refractivity contribution in [2.75, 3.05) is 13.2 Å². The SMILES string of the molecule is CC(C)(CNC(=O)c1csc(CNC(=O)COc2ccc(OC(F)(F)F)cc2)n1)c1ccccc1. The van der Waals surface area contributed by atoms with E-state index < -0.39 is 12.3 Å². The molecule has 3 rings (SSSR count). The van der Waals surface area contributed by atoms with Gasteiger partial charge >= 0.3 is 6.36 Å². The molecule has 7 nitrogen and oxygen atoms in total. The van der Waals surface area contributed by atoms with Crippen molar-refractivity contribution < 1.29 is 32.2 Å². The summed E-state index contributed by atoms with van der Waals surface area (Å²) in [6.07, 6.45) is -4.78. The van der Waals surface area contributed by atoms with Crippen LogP contribution < -0.4 is 20.1 Å². The van der Waals surface area contributed by atoms with Gasteiger partial charge < -0.3 is 20.1 Å². The van der Waals surface area contributed by atoms with E-state index in [0.717, 1.165) is 17.7 Å². The number of alkyl halides is 3. The number of nitrogens with zero attached hydrogens (tertiary/aromatic N) is 1. The number of aromatic nitrogens is 1. The van der Waals surface area contributed by atoms with E-state index in [1.54, 1.807) is 5.38 Å². The highest BCUT2D eigenvalue weighted by atomic mass is 32.1. The van der Waals surface area contributed by atoms with Gasteiger partial charge in [-0.05, 0) is 29.8 Å².